The number of rotatable bonds is 16. The van der Waals surface area contributed by atoms with Crippen molar-refractivity contribution in [3.05, 3.63) is 78.9 Å². The molecule has 2 aliphatic rings. The molecule has 0 radical (unpaired) electrons. The zero-order valence-corrected chi connectivity index (χ0v) is 35.8. The van der Waals surface area contributed by atoms with Crippen LogP contribution < -0.4 is 19.0 Å². The lowest BCUT2D eigenvalue weighted by atomic mass is 10.1. The molecule has 16 heteroatoms. The number of halogens is 4. The highest BCUT2D eigenvalue weighted by atomic mass is 19.3. The van der Waals surface area contributed by atoms with E-state index in [0.717, 1.165) is 6.42 Å². The van der Waals surface area contributed by atoms with Crippen molar-refractivity contribution in [3.63, 3.8) is 0 Å². The minimum Gasteiger partial charge on any atom is -0.489 e. The molecule has 5 heterocycles. The van der Waals surface area contributed by atoms with Gasteiger partial charge in [-0.15, -0.1) is 4.73 Å². The number of H-pyrrole nitrogens is 1. The standard InChI is InChI=1S/C48H46F4N8O4/c1-5-9-25-61-39-37-33(26-34(63-48(51,52)24-8-4)38(39)62-35(49)16-6-2)44-55-40-27-18-10-12-20-29(27)42(53-40)58-46-31-22-14-15-23-32(31)47(60(46)64-36(50)17-7-3)59-43-30-21-13-11-19-28(30)41(54-43)56-45(37)57-44/h10-15,18-23,26,35-36H,5-9,16-17,24-25H2,1-4H3,(H,53,54,55,56,57,58,59). The number of benzene rings is 4. The first-order chi connectivity index (χ1) is 31.1. The van der Waals surface area contributed by atoms with Crippen molar-refractivity contribution in [2.75, 3.05) is 6.61 Å². The van der Waals surface area contributed by atoms with Crippen LogP contribution in [-0.2, 0) is 0 Å². The highest BCUT2D eigenvalue weighted by molar-refractivity contribution is 6.11. The minimum atomic E-state index is -3.65. The largest absolute Gasteiger partial charge is 0.489 e. The maximum Gasteiger partial charge on any atom is 0.397 e. The molecule has 0 fully saturated rings. The lowest BCUT2D eigenvalue weighted by Crippen LogP contribution is -2.25. The van der Waals surface area contributed by atoms with Crippen molar-refractivity contribution in [1.82, 2.24) is 39.6 Å². The van der Waals surface area contributed by atoms with Crippen LogP contribution in [0.2, 0.25) is 0 Å². The topological polar surface area (TPSA) is 135 Å². The Morgan fingerprint density at radius 1 is 0.609 bits per heavy atom. The van der Waals surface area contributed by atoms with E-state index in [2.05, 4.69) is 4.98 Å². The molecule has 0 spiro atoms. The van der Waals surface area contributed by atoms with Crippen molar-refractivity contribution in [2.24, 2.45) is 0 Å². The molecule has 4 aromatic carbocycles. The van der Waals surface area contributed by atoms with E-state index in [1.807, 2.05) is 86.6 Å². The van der Waals surface area contributed by atoms with Gasteiger partial charge in [0.1, 0.15) is 11.3 Å². The smallest absolute Gasteiger partial charge is 0.397 e. The third-order valence-corrected chi connectivity index (χ3v) is 10.9. The van der Waals surface area contributed by atoms with Crippen molar-refractivity contribution >= 4 is 44.1 Å². The van der Waals surface area contributed by atoms with Crippen LogP contribution in [0.5, 0.6) is 17.2 Å². The molecule has 64 heavy (non-hydrogen) atoms. The molecule has 0 amide bonds. The summed E-state index contributed by atoms with van der Waals surface area (Å²) in [6.45, 7) is 7.38. The lowest BCUT2D eigenvalue weighted by molar-refractivity contribution is -0.181. The molecule has 0 aliphatic carbocycles. The zero-order chi connectivity index (χ0) is 44.5. The Labute approximate surface area is 365 Å². The van der Waals surface area contributed by atoms with E-state index in [9.17, 15) is 0 Å². The molecule has 2 unspecified atom stereocenters. The monoisotopic (exact) mass is 874 g/mol. The number of hydrogen-bond acceptors (Lipinski definition) is 10. The predicted octanol–water partition coefficient (Wildman–Crippen LogP) is 12.3. The third-order valence-electron chi connectivity index (χ3n) is 10.9. The summed E-state index contributed by atoms with van der Waals surface area (Å²) < 4.78 is 81.5. The Balaban J connectivity index is 1.47. The molecular weight excluding hydrogens is 829 g/mol. The van der Waals surface area contributed by atoms with Gasteiger partial charge in [-0.3, -0.25) is 0 Å². The first kappa shape index (κ1) is 42.5. The number of unbranched alkanes of at least 4 members (excludes halogenated alkanes) is 1. The van der Waals surface area contributed by atoms with Crippen LogP contribution in [0.3, 0.4) is 0 Å². The van der Waals surface area contributed by atoms with Gasteiger partial charge in [0.2, 0.25) is 12.1 Å². The van der Waals surface area contributed by atoms with Crippen LogP contribution in [-0.4, -0.2) is 65.0 Å². The van der Waals surface area contributed by atoms with Gasteiger partial charge in [0.25, 0.3) is 6.36 Å². The van der Waals surface area contributed by atoms with Crippen LogP contribution in [0.25, 0.3) is 89.7 Å². The molecular formula is C48H46F4N8O4. The fourth-order valence-electron chi connectivity index (χ4n) is 7.85. The molecule has 330 valence electrons. The van der Waals surface area contributed by atoms with Gasteiger partial charge >= 0.3 is 6.11 Å². The number of nitrogens with zero attached hydrogens (tertiary/aromatic N) is 7. The highest BCUT2D eigenvalue weighted by Gasteiger charge is 2.35. The number of aromatic nitrogens is 8. The molecule has 2 atom stereocenters. The minimum absolute atomic E-state index is 0.0172. The SMILES string of the molecule is CCCCOc1c(OC(F)CCC)c(OC(F)(F)CCC)cc2c3nc4nc(nc5c6ccccc6c(nc6nc(nc([nH]3)c12)-c1ccccc1-6)n5OC(F)CCC)-c1ccccc1-4. The molecule has 0 saturated carbocycles. The van der Waals surface area contributed by atoms with Crippen LogP contribution in [0.1, 0.15) is 79.1 Å². The maximum absolute atomic E-state index is 15.7. The van der Waals surface area contributed by atoms with Crippen LogP contribution in [0, 0.1) is 0 Å². The molecule has 7 aromatic rings. The van der Waals surface area contributed by atoms with Gasteiger partial charge in [0, 0.05) is 51.3 Å². The molecule has 0 saturated heterocycles. The number of alkyl halides is 4. The lowest BCUT2D eigenvalue weighted by Gasteiger charge is -2.23. The Bertz CT molecular complexity index is 3050. The van der Waals surface area contributed by atoms with Crippen molar-refractivity contribution in [1.29, 1.82) is 0 Å². The molecule has 2 aliphatic heterocycles. The Hall–Kier alpha value is -6.84. The summed E-state index contributed by atoms with van der Waals surface area (Å²) in [6.07, 6.45) is -5.36. The van der Waals surface area contributed by atoms with Crippen molar-refractivity contribution in [2.45, 2.75) is 97.9 Å². The van der Waals surface area contributed by atoms with E-state index in [1.165, 1.54) is 10.8 Å². The van der Waals surface area contributed by atoms with E-state index in [4.69, 9.17) is 49.0 Å². The maximum atomic E-state index is 15.7. The van der Waals surface area contributed by atoms with Gasteiger partial charge in [-0.05, 0) is 31.7 Å². The predicted molar refractivity (Wildman–Crippen MR) is 237 cm³/mol. The fourth-order valence-corrected chi connectivity index (χ4v) is 7.85. The van der Waals surface area contributed by atoms with Gasteiger partial charge in [-0.25, -0.2) is 34.3 Å². The second kappa shape index (κ2) is 17.7. The van der Waals surface area contributed by atoms with Crippen molar-refractivity contribution in [3.8, 4) is 62.8 Å². The number of nitrogens with one attached hydrogen (secondary N) is 1. The average molecular weight is 875 g/mol. The van der Waals surface area contributed by atoms with Crippen LogP contribution in [0.4, 0.5) is 17.6 Å². The second-order valence-electron chi connectivity index (χ2n) is 15.6. The van der Waals surface area contributed by atoms with Crippen LogP contribution >= 0.6 is 0 Å². The van der Waals surface area contributed by atoms with Gasteiger partial charge in [0.05, 0.1) is 18.4 Å². The highest BCUT2D eigenvalue weighted by Crippen LogP contribution is 2.49. The Kier molecular flexibility index (Phi) is 11.8. The average Bonchev–Trinajstić information content (AvgIpc) is 3.99. The second-order valence-corrected chi connectivity index (χ2v) is 15.6. The van der Waals surface area contributed by atoms with E-state index < -0.39 is 31.0 Å². The van der Waals surface area contributed by atoms with E-state index in [-0.39, 0.29) is 94.0 Å². The molecule has 8 bridgehead atoms. The quantitative estimate of drug-likeness (QED) is 0.0738. The van der Waals surface area contributed by atoms with Crippen molar-refractivity contribution < 1.29 is 36.6 Å². The Morgan fingerprint density at radius 2 is 1.14 bits per heavy atom. The summed E-state index contributed by atoms with van der Waals surface area (Å²) in [5, 5.41) is 1.76. The summed E-state index contributed by atoms with van der Waals surface area (Å²) >= 11 is 0. The van der Waals surface area contributed by atoms with E-state index in [1.54, 1.807) is 13.8 Å². The van der Waals surface area contributed by atoms with Gasteiger partial charge in [-0.2, -0.15) is 13.2 Å². The first-order valence-electron chi connectivity index (χ1n) is 21.8. The summed E-state index contributed by atoms with van der Waals surface area (Å²) in [5.41, 5.74) is 3.25. The van der Waals surface area contributed by atoms with Gasteiger partial charge in [-0.1, -0.05) is 107 Å². The van der Waals surface area contributed by atoms with Gasteiger partial charge in [0.15, 0.2) is 46.1 Å². The van der Waals surface area contributed by atoms with E-state index in [0.29, 0.717) is 52.3 Å². The number of fused-ring (bicyclic) bond motifs is 20. The van der Waals surface area contributed by atoms with E-state index >= 15 is 17.6 Å². The molecule has 12 nitrogen and oxygen atoms in total. The normalized spacial score (nSPS) is 13.1. The fraction of sp³-hybridized carbons (Fsp3) is 0.333. The zero-order valence-electron chi connectivity index (χ0n) is 35.8. The summed E-state index contributed by atoms with van der Waals surface area (Å²) in [4.78, 5) is 39.5. The number of hydrogen-bond donors (Lipinski definition) is 1. The summed E-state index contributed by atoms with van der Waals surface area (Å²) in [5.74, 6) is 0.125. The Morgan fingerprint density at radius 3 is 1.69 bits per heavy atom. The number of aromatic amines is 1. The molecule has 1 N–H and O–H groups in total. The molecule has 3 aromatic heterocycles. The molecule has 9 rings (SSSR count). The first-order valence-corrected chi connectivity index (χ1v) is 21.8. The van der Waals surface area contributed by atoms with Gasteiger partial charge < -0.3 is 24.0 Å². The summed E-state index contributed by atoms with van der Waals surface area (Å²) in [7, 11) is 0. The van der Waals surface area contributed by atoms with Crippen LogP contribution in [0.15, 0.2) is 78.9 Å². The number of ether oxygens (including phenoxy) is 3. The summed E-state index contributed by atoms with van der Waals surface area (Å²) in [6, 6.07) is 23.5. The third kappa shape index (κ3) is 8.01.